The van der Waals surface area contributed by atoms with Gasteiger partial charge in [-0.1, -0.05) is 41.9 Å². The van der Waals surface area contributed by atoms with Crippen molar-refractivity contribution in [3.8, 4) is 0 Å². The van der Waals surface area contributed by atoms with Gasteiger partial charge < -0.3 is 10.6 Å². The normalized spacial score (nSPS) is 21.8. The number of nitrogens with two attached hydrogens (primary N) is 1. The van der Waals surface area contributed by atoms with Gasteiger partial charge in [-0.2, -0.15) is 0 Å². The van der Waals surface area contributed by atoms with Crippen LogP contribution in [-0.2, 0) is 11.2 Å². The van der Waals surface area contributed by atoms with Crippen LogP contribution in [0.4, 0.5) is 0 Å². The molecule has 2 rings (SSSR count). The Morgan fingerprint density at radius 1 is 1.40 bits per heavy atom. The third-order valence-electron chi connectivity index (χ3n) is 4.34. The lowest BCUT2D eigenvalue weighted by Crippen LogP contribution is -2.54. The number of carbonyl (C=O) groups excluding carboxylic acids is 1. The van der Waals surface area contributed by atoms with Crippen LogP contribution in [0.25, 0.3) is 0 Å². The van der Waals surface area contributed by atoms with Crippen molar-refractivity contribution >= 4 is 21.8 Å². The monoisotopic (exact) mass is 338 g/mol. The molecule has 2 N–H and O–H groups in total. The second-order valence-electron chi connectivity index (χ2n) is 6.31. The molecule has 1 amide bonds. The number of amides is 1. The van der Waals surface area contributed by atoms with E-state index in [1.165, 1.54) is 5.56 Å². The molecule has 1 aromatic rings. The van der Waals surface area contributed by atoms with Crippen molar-refractivity contribution in [1.82, 2.24) is 4.90 Å². The summed E-state index contributed by atoms with van der Waals surface area (Å²) in [5.74, 6) is 0.221. The van der Waals surface area contributed by atoms with E-state index in [9.17, 15) is 4.79 Å². The van der Waals surface area contributed by atoms with E-state index in [2.05, 4.69) is 41.9 Å². The van der Waals surface area contributed by atoms with Crippen molar-refractivity contribution < 1.29 is 4.79 Å². The number of halogens is 1. The molecule has 1 saturated heterocycles. The minimum atomic E-state index is 0.0767. The van der Waals surface area contributed by atoms with Gasteiger partial charge >= 0.3 is 0 Å². The van der Waals surface area contributed by atoms with Gasteiger partial charge in [0, 0.05) is 30.0 Å². The summed E-state index contributed by atoms with van der Waals surface area (Å²) in [7, 11) is 0. The van der Waals surface area contributed by atoms with E-state index in [1.54, 1.807) is 0 Å². The number of benzene rings is 1. The van der Waals surface area contributed by atoms with Crippen LogP contribution in [-0.4, -0.2) is 29.9 Å². The summed E-state index contributed by atoms with van der Waals surface area (Å²) in [6.07, 6.45) is 2.34. The van der Waals surface area contributed by atoms with E-state index >= 15 is 0 Å². The molecule has 0 aromatic heterocycles. The number of rotatable bonds is 3. The number of likely N-dealkylation sites (tertiary alicyclic amines) is 1. The SMILES string of the molecule is CC1(C)CCN(C(=O)CCc2ccc(Br)cc2)CC1N. The topological polar surface area (TPSA) is 46.3 Å². The van der Waals surface area contributed by atoms with Crippen LogP contribution < -0.4 is 5.73 Å². The summed E-state index contributed by atoms with van der Waals surface area (Å²) < 4.78 is 1.07. The Hall–Kier alpha value is -0.870. The number of nitrogens with zero attached hydrogens (tertiary/aromatic N) is 1. The average Bonchev–Trinajstić information content (AvgIpc) is 2.41. The third kappa shape index (κ3) is 3.83. The molecule has 1 aliphatic rings. The molecule has 1 aromatic carbocycles. The van der Waals surface area contributed by atoms with Gasteiger partial charge in [0.2, 0.25) is 5.91 Å². The Kier molecular flexibility index (Phi) is 4.86. The predicted molar refractivity (Wildman–Crippen MR) is 85.4 cm³/mol. The maximum Gasteiger partial charge on any atom is 0.222 e. The molecule has 0 aliphatic carbocycles. The number of hydrogen-bond acceptors (Lipinski definition) is 2. The van der Waals surface area contributed by atoms with Gasteiger partial charge in [-0.25, -0.2) is 0 Å². The quantitative estimate of drug-likeness (QED) is 0.920. The zero-order valence-electron chi connectivity index (χ0n) is 12.2. The zero-order chi connectivity index (χ0) is 14.8. The zero-order valence-corrected chi connectivity index (χ0v) is 13.8. The smallest absolute Gasteiger partial charge is 0.222 e. The first-order chi connectivity index (χ1) is 9.38. The highest BCUT2D eigenvalue weighted by Crippen LogP contribution is 2.29. The summed E-state index contributed by atoms with van der Waals surface area (Å²) in [6, 6.07) is 8.22. The summed E-state index contributed by atoms with van der Waals surface area (Å²) in [6.45, 7) is 5.88. The molecule has 1 atom stereocenters. The molecular formula is C16H23BrN2O. The van der Waals surface area contributed by atoms with E-state index in [4.69, 9.17) is 5.73 Å². The molecule has 110 valence electrons. The predicted octanol–water partition coefficient (Wildman–Crippen LogP) is 2.97. The Bertz CT molecular complexity index is 470. The van der Waals surface area contributed by atoms with Crippen molar-refractivity contribution in [1.29, 1.82) is 0 Å². The lowest BCUT2D eigenvalue weighted by atomic mass is 9.78. The van der Waals surface area contributed by atoms with E-state index < -0.39 is 0 Å². The van der Waals surface area contributed by atoms with E-state index in [0.29, 0.717) is 13.0 Å². The molecule has 3 nitrogen and oxygen atoms in total. The molecule has 1 heterocycles. The molecule has 0 spiro atoms. The molecule has 1 fully saturated rings. The van der Waals surface area contributed by atoms with Crippen molar-refractivity contribution in [2.75, 3.05) is 13.1 Å². The Balaban J connectivity index is 1.85. The molecule has 0 saturated carbocycles. The molecule has 1 unspecified atom stereocenters. The summed E-state index contributed by atoms with van der Waals surface area (Å²) in [5.41, 5.74) is 7.50. The first-order valence-corrected chi connectivity index (χ1v) is 7.95. The van der Waals surface area contributed by atoms with Gasteiger partial charge in [-0.3, -0.25) is 4.79 Å². The van der Waals surface area contributed by atoms with Crippen LogP contribution in [0.1, 0.15) is 32.3 Å². The Morgan fingerprint density at radius 3 is 2.65 bits per heavy atom. The second kappa shape index (κ2) is 6.27. The minimum absolute atomic E-state index is 0.0767. The van der Waals surface area contributed by atoms with Crippen LogP contribution in [0, 0.1) is 5.41 Å². The first kappa shape index (κ1) is 15.5. The Labute approximate surface area is 129 Å². The number of piperidine rings is 1. The summed E-state index contributed by atoms with van der Waals surface area (Å²) >= 11 is 3.42. The van der Waals surface area contributed by atoms with Crippen molar-refractivity contribution in [3.63, 3.8) is 0 Å². The molecule has 20 heavy (non-hydrogen) atoms. The highest BCUT2D eigenvalue weighted by atomic mass is 79.9. The van der Waals surface area contributed by atoms with Crippen molar-refractivity contribution in [3.05, 3.63) is 34.3 Å². The molecular weight excluding hydrogens is 316 g/mol. The van der Waals surface area contributed by atoms with Crippen molar-refractivity contribution in [2.45, 2.75) is 39.2 Å². The summed E-state index contributed by atoms with van der Waals surface area (Å²) in [4.78, 5) is 14.2. The third-order valence-corrected chi connectivity index (χ3v) is 4.87. The van der Waals surface area contributed by atoms with Gasteiger partial charge in [0.15, 0.2) is 0 Å². The fourth-order valence-electron chi connectivity index (χ4n) is 2.47. The average molecular weight is 339 g/mol. The van der Waals surface area contributed by atoms with Gasteiger partial charge in [-0.05, 0) is 36.0 Å². The second-order valence-corrected chi connectivity index (χ2v) is 7.23. The number of hydrogen-bond donors (Lipinski definition) is 1. The highest BCUT2D eigenvalue weighted by molar-refractivity contribution is 9.10. The molecule has 0 bridgehead atoms. The van der Waals surface area contributed by atoms with E-state index in [0.717, 1.165) is 23.9 Å². The van der Waals surface area contributed by atoms with Gasteiger partial charge in [0.1, 0.15) is 0 Å². The fraction of sp³-hybridized carbons (Fsp3) is 0.562. The maximum absolute atomic E-state index is 12.3. The van der Waals surface area contributed by atoms with Gasteiger partial charge in [-0.15, -0.1) is 0 Å². The molecule has 4 heteroatoms. The van der Waals surface area contributed by atoms with E-state index in [-0.39, 0.29) is 17.4 Å². The van der Waals surface area contributed by atoms with Crippen LogP contribution in [0.3, 0.4) is 0 Å². The van der Waals surface area contributed by atoms with Crippen LogP contribution >= 0.6 is 15.9 Å². The highest BCUT2D eigenvalue weighted by Gasteiger charge is 2.34. The Morgan fingerprint density at radius 2 is 2.05 bits per heavy atom. The number of carbonyl (C=O) groups is 1. The molecule has 1 aliphatic heterocycles. The van der Waals surface area contributed by atoms with E-state index in [1.807, 2.05) is 17.0 Å². The lowest BCUT2D eigenvalue weighted by molar-refractivity contribution is -0.133. The fourth-order valence-corrected chi connectivity index (χ4v) is 2.74. The van der Waals surface area contributed by atoms with Gasteiger partial charge in [0.05, 0.1) is 0 Å². The van der Waals surface area contributed by atoms with Gasteiger partial charge in [0.25, 0.3) is 0 Å². The van der Waals surface area contributed by atoms with Crippen LogP contribution in [0.5, 0.6) is 0 Å². The first-order valence-electron chi connectivity index (χ1n) is 7.16. The number of aryl methyl sites for hydroxylation is 1. The van der Waals surface area contributed by atoms with Crippen molar-refractivity contribution in [2.24, 2.45) is 11.1 Å². The largest absolute Gasteiger partial charge is 0.341 e. The molecule has 0 radical (unpaired) electrons. The lowest BCUT2D eigenvalue weighted by Gasteiger charge is -2.42. The van der Waals surface area contributed by atoms with Crippen LogP contribution in [0.15, 0.2) is 28.7 Å². The summed E-state index contributed by atoms with van der Waals surface area (Å²) in [5, 5.41) is 0. The standard InChI is InChI=1S/C16H23BrN2O/c1-16(2)9-10-19(11-14(16)18)15(20)8-5-12-3-6-13(17)7-4-12/h3-4,6-7,14H,5,8-11,18H2,1-2H3. The minimum Gasteiger partial charge on any atom is -0.341 e. The van der Waals surface area contributed by atoms with Crippen LogP contribution in [0.2, 0.25) is 0 Å². The maximum atomic E-state index is 12.3.